The van der Waals surface area contributed by atoms with Crippen molar-refractivity contribution in [2.45, 2.75) is 52.0 Å². The van der Waals surface area contributed by atoms with E-state index in [1.807, 2.05) is 0 Å². The van der Waals surface area contributed by atoms with Gasteiger partial charge in [-0.05, 0) is 48.6 Å². The fourth-order valence-electron chi connectivity index (χ4n) is 2.92. The van der Waals surface area contributed by atoms with Crippen molar-refractivity contribution >= 4 is 0 Å². The molecule has 2 atom stereocenters. The van der Waals surface area contributed by atoms with Gasteiger partial charge in [0.15, 0.2) is 0 Å². The van der Waals surface area contributed by atoms with Gasteiger partial charge in [0, 0.05) is 6.04 Å². The topological polar surface area (TPSA) is 26.0 Å². The monoisotopic (exact) mass is 217 g/mol. The average Bonchev–Trinajstić information content (AvgIpc) is 2.59. The highest BCUT2D eigenvalue weighted by molar-refractivity contribution is 5.23. The smallest absolute Gasteiger partial charge is 0.00443 e. The van der Waals surface area contributed by atoms with Gasteiger partial charge in [0.25, 0.3) is 0 Å². The Balaban J connectivity index is 2.03. The molecule has 1 nitrogen and oxygen atoms in total. The molecular formula is C15H23N. The number of rotatable bonds is 3. The van der Waals surface area contributed by atoms with E-state index in [0.29, 0.717) is 11.5 Å². The SMILES string of the molecule is CCc1ccc(CC2(C)CCC(N)C2)cc1. The van der Waals surface area contributed by atoms with Gasteiger partial charge in [-0.1, -0.05) is 38.1 Å². The van der Waals surface area contributed by atoms with Crippen LogP contribution in [0.5, 0.6) is 0 Å². The van der Waals surface area contributed by atoms with Crippen molar-refractivity contribution in [2.75, 3.05) is 0 Å². The Morgan fingerprint density at radius 2 is 1.88 bits per heavy atom. The highest BCUT2D eigenvalue weighted by atomic mass is 14.7. The molecule has 16 heavy (non-hydrogen) atoms. The lowest BCUT2D eigenvalue weighted by atomic mass is 9.82. The number of hydrogen-bond donors (Lipinski definition) is 1. The van der Waals surface area contributed by atoms with Crippen LogP contribution in [0.3, 0.4) is 0 Å². The number of aryl methyl sites for hydroxylation is 1. The highest BCUT2D eigenvalue weighted by Crippen LogP contribution is 2.39. The molecule has 0 heterocycles. The minimum atomic E-state index is 0.430. The summed E-state index contributed by atoms with van der Waals surface area (Å²) in [6.07, 6.45) is 5.98. The van der Waals surface area contributed by atoms with Crippen molar-refractivity contribution in [1.82, 2.24) is 0 Å². The zero-order valence-electron chi connectivity index (χ0n) is 10.5. The molecule has 0 saturated heterocycles. The molecule has 0 amide bonds. The molecule has 1 aliphatic carbocycles. The maximum absolute atomic E-state index is 6.01. The van der Waals surface area contributed by atoms with E-state index in [-0.39, 0.29) is 0 Å². The molecule has 1 aliphatic rings. The van der Waals surface area contributed by atoms with Crippen LogP contribution in [0.2, 0.25) is 0 Å². The largest absolute Gasteiger partial charge is 0.328 e. The summed E-state index contributed by atoms with van der Waals surface area (Å²) >= 11 is 0. The third kappa shape index (κ3) is 2.65. The van der Waals surface area contributed by atoms with Crippen molar-refractivity contribution in [3.05, 3.63) is 35.4 Å². The summed E-state index contributed by atoms with van der Waals surface area (Å²) in [6, 6.07) is 9.52. The molecular weight excluding hydrogens is 194 g/mol. The van der Waals surface area contributed by atoms with Crippen LogP contribution in [0.15, 0.2) is 24.3 Å². The average molecular weight is 217 g/mol. The molecule has 0 aliphatic heterocycles. The van der Waals surface area contributed by atoms with Gasteiger partial charge in [-0.2, -0.15) is 0 Å². The zero-order chi connectivity index (χ0) is 11.6. The van der Waals surface area contributed by atoms with E-state index in [1.165, 1.54) is 36.8 Å². The second kappa shape index (κ2) is 4.58. The normalized spacial score (nSPS) is 29.6. The quantitative estimate of drug-likeness (QED) is 0.826. The van der Waals surface area contributed by atoms with Gasteiger partial charge in [0.1, 0.15) is 0 Å². The van der Waals surface area contributed by atoms with Crippen LogP contribution < -0.4 is 5.73 Å². The molecule has 1 aromatic carbocycles. The first-order valence-electron chi connectivity index (χ1n) is 6.45. The van der Waals surface area contributed by atoms with Crippen molar-refractivity contribution in [2.24, 2.45) is 11.1 Å². The molecule has 2 N–H and O–H groups in total. The van der Waals surface area contributed by atoms with Gasteiger partial charge in [-0.3, -0.25) is 0 Å². The molecule has 0 spiro atoms. The van der Waals surface area contributed by atoms with Crippen LogP contribution >= 0.6 is 0 Å². The third-order valence-electron chi connectivity index (χ3n) is 3.94. The van der Waals surface area contributed by atoms with E-state index in [2.05, 4.69) is 38.1 Å². The minimum Gasteiger partial charge on any atom is -0.328 e. The van der Waals surface area contributed by atoms with E-state index in [0.717, 1.165) is 6.42 Å². The maximum atomic E-state index is 6.01. The molecule has 1 aromatic rings. The van der Waals surface area contributed by atoms with Crippen LogP contribution in [0, 0.1) is 5.41 Å². The van der Waals surface area contributed by atoms with E-state index in [1.54, 1.807) is 0 Å². The standard InChI is InChI=1S/C15H23N/c1-3-12-4-6-13(7-5-12)10-15(2)9-8-14(16)11-15/h4-7,14H,3,8-11,16H2,1-2H3. The van der Waals surface area contributed by atoms with Gasteiger partial charge in [-0.15, -0.1) is 0 Å². The van der Waals surface area contributed by atoms with Crippen molar-refractivity contribution in [3.63, 3.8) is 0 Å². The second-order valence-corrected chi connectivity index (χ2v) is 5.66. The van der Waals surface area contributed by atoms with Gasteiger partial charge in [-0.25, -0.2) is 0 Å². The highest BCUT2D eigenvalue weighted by Gasteiger charge is 2.33. The van der Waals surface area contributed by atoms with Crippen LogP contribution in [0.1, 0.15) is 44.2 Å². The number of hydrogen-bond acceptors (Lipinski definition) is 1. The summed E-state index contributed by atoms with van der Waals surface area (Å²) in [5.74, 6) is 0. The predicted molar refractivity (Wildman–Crippen MR) is 69.5 cm³/mol. The lowest BCUT2D eigenvalue weighted by molar-refractivity contribution is 0.329. The number of nitrogens with two attached hydrogens (primary N) is 1. The van der Waals surface area contributed by atoms with E-state index in [9.17, 15) is 0 Å². The van der Waals surface area contributed by atoms with E-state index >= 15 is 0 Å². The van der Waals surface area contributed by atoms with E-state index in [4.69, 9.17) is 5.73 Å². The van der Waals surface area contributed by atoms with Gasteiger partial charge < -0.3 is 5.73 Å². The van der Waals surface area contributed by atoms with Gasteiger partial charge in [0.2, 0.25) is 0 Å². The summed E-state index contributed by atoms with van der Waals surface area (Å²) in [7, 11) is 0. The van der Waals surface area contributed by atoms with Gasteiger partial charge in [0.05, 0.1) is 0 Å². The zero-order valence-corrected chi connectivity index (χ0v) is 10.5. The van der Waals surface area contributed by atoms with Crippen LogP contribution in [0.25, 0.3) is 0 Å². The first-order valence-corrected chi connectivity index (χ1v) is 6.45. The molecule has 0 bridgehead atoms. The summed E-state index contributed by atoms with van der Waals surface area (Å²) < 4.78 is 0. The van der Waals surface area contributed by atoms with Crippen LogP contribution in [-0.2, 0) is 12.8 Å². The third-order valence-corrected chi connectivity index (χ3v) is 3.94. The first-order chi connectivity index (χ1) is 7.61. The first kappa shape index (κ1) is 11.7. The van der Waals surface area contributed by atoms with Crippen LogP contribution in [0.4, 0.5) is 0 Å². The molecule has 1 heteroatoms. The van der Waals surface area contributed by atoms with Crippen molar-refractivity contribution < 1.29 is 0 Å². The molecule has 1 saturated carbocycles. The Morgan fingerprint density at radius 3 is 2.38 bits per heavy atom. The lowest BCUT2D eigenvalue weighted by Crippen LogP contribution is -2.21. The summed E-state index contributed by atoms with van der Waals surface area (Å²) in [4.78, 5) is 0. The molecule has 0 aromatic heterocycles. The Labute approximate surface area is 99.0 Å². The lowest BCUT2D eigenvalue weighted by Gasteiger charge is -2.24. The molecule has 88 valence electrons. The summed E-state index contributed by atoms with van der Waals surface area (Å²) in [5, 5.41) is 0. The van der Waals surface area contributed by atoms with Gasteiger partial charge >= 0.3 is 0 Å². The minimum absolute atomic E-state index is 0.430. The Hall–Kier alpha value is -0.820. The molecule has 0 radical (unpaired) electrons. The van der Waals surface area contributed by atoms with Crippen LogP contribution in [-0.4, -0.2) is 6.04 Å². The summed E-state index contributed by atoms with van der Waals surface area (Å²) in [5.41, 5.74) is 9.34. The Kier molecular flexibility index (Phi) is 3.34. The summed E-state index contributed by atoms with van der Waals surface area (Å²) in [6.45, 7) is 4.58. The van der Waals surface area contributed by atoms with E-state index < -0.39 is 0 Å². The fourth-order valence-corrected chi connectivity index (χ4v) is 2.92. The Morgan fingerprint density at radius 1 is 1.25 bits per heavy atom. The molecule has 1 fully saturated rings. The number of benzene rings is 1. The molecule has 2 unspecified atom stereocenters. The second-order valence-electron chi connectivity index (χ2n) is 5.66. The van der Waals surface area contributed by atoms with Crippen molar-refractivity contribution in [3.8, 4) is 0 Å². The maximum Gasteiger partial charge on any atom is 0.00443 e. The Bertz CT molecular complexity index is 341. The van der Waals surface area contributed by atoms with Crippen molar-refractivity contribution in [1.29, 1.82) is 0 Å². The fraction of sp³-hybridized carbons (Fsp3) is 0.600. The molecule has 2 rings (SSSR count). The predicted octanol–water partition coefficient (Wildman–Crippen LogP) is 3.31.